The van der Waals surface area contributed by atoms with Gasteiger partial charge in [0.2, 0.25) is 0 Å². The Morgan fingerprint density at radius 3 is 2.38 bits per heavy atom. The smallest absolute Gasteiger partial charge is 0.302 e. The fourth-order valence-corrected chi connectivity index (χ4v) is 4.12. The molecule has 26 heavy (non-hydrogen) atoms. The van der Waals surface area contributed by atoms with E-state index in [-0.39, 0.29) is 5.97 Å². The standard InChI is InChI=1S/C20H19N3O2S/c1-15(24)25-11-10-22-13-16(12-21-22)14-23-17-6-2-4-8-19(17)26-20-9-5-3-7-18(20)23/h2-9,12-13H,10-11,14H2,1H3. The molecule has 2 heterocycles. The third-order valence-corrected chi connectivity index (χ3v) is 5.32. The van der Waals surface area contributed by atoms with Gasteiger partial charge in [-0.05, 0) is 24.3 Å². The molecule has 3 aromatic rings. The van der Waals surface area contributed by atoms with Crippen LogP contribution in [0.5, 0.6) is 0 Å². The first kappa shape index (κ1) is 16.7. The van der Waals surface area contributed by atoms with E-state index in [1.807, 2.05) is 17.1 Å². The summed E-state index contributed by atoms with van der Waals surface area (Å²) in [5.41, 5.74) is 3.54. The van der Waals surface area contributed by atoms with E-state index in [1.54, 1.807) is 11.8 Å². The van der Waals surface area contributed by atoms with Gasteiger partial charge in [-0.15, -0.1) is 0 Å². The van der Waals surface area contributed by atoms with Crippen molar-refractivity contribution in [2.75, 3.05) is 11.5 Å². The van der Waals surface area contributed by atoms with Gasteiger partial charge >= 0.3 is 5.97 Å². The first-order valence-corrected chi connectivity index (χ1v) is 9.30. The van der Waals surface area contributed by atoms with Crippen molar-refractivity contribution in [2.45, 2.75) is 29.8 Å². The van der Waals surface area contributed by atoms with Gasteiger partial charge in [0, 0.05) is 28.5 Å². The van der Waals surface area contributed by atoms with Crippen LogP contribution in [0.2, 0.25) is 0 Å². The maximum atomic E-state index is 10.9. The number of carbonyl (C=O) groups is 1. The second-order valence-electron chi connectivity index (χ2n) is 6.08. The van der Waals surface area contributed by atoms with Gasteiger partial charge in [-0.25, -0.2) is 0 Å². The second-order valence-corrected chi connectivity index (χ2v) is 7.16. The molecular formula is C20H19N3O2S. The van der Waals surface area contributed by atoms with Crippen LogP contribution in [0.3, 0.4) is 0 Å². The topological polar surface area (TPSA) is 47.4 Å². The summed E-state index contributed by atoms with van der Waals surface area (Å²) < 4.78 is 6.80. The number of para-hydroxylation sites is 2. The first-order valence-electron chi connectivity index (χ1n) is 8.49. The third-order valence-electron chi connectivity index (χ3n) is 4.19. The van der Waals surface area contributed by atoms with Crippen LogP contribution in [-0.2, 0) is 22.6 Å². The Bertz CT molecular complexity index is 893. The molecule has 0 amide bonds. The first-order chi connectivity index (χ1) is 12.7. The Kier molecular flexibility index (Phi) is 4.67. The van der Waals surface area contributed by atoms with E-state index in [1.165, 1.54) is 28.1 Å². The zero-order valence-corrected chi connectivity index (χ0v) is 15.3. The van der Waals surface area contributed by atoms with Crippen LogP contribution in [0.1, 0.15) is 12.5 Å². The summed E-state index contributed by atoms with van der Waals surface area (Å²) in [7, 11) is 0. The number of hydrogen-bond donors (Lipinski definition) is 0. The highest BCUT2D eigenvalue weighted by atomic mass is 32.2. The largest absolute Gasteiger partial charge is 0.464 e. The molecule has 1 aliphatic rings. The van der Waals surface area contributed by atoms with Crippen molar-refractivity contribution in [1.82, 2.24) is 9.78 Å². The van der Waals surface area contributed by atoms with Gasteiger partial charge in [-0.3, -0.25) is 9.48 Å². The zero-order chi connectivity index (χ0) is 17.9. The van der Waals surface area contributed by atoms with Gasteiger partial charge in [0.1, 0.15) is 6.61 Å². The van der Waals surface area contributed by atoms with E-state index in [2.05, 4.69) is 58.5 Å². The minimum Gasteiger partial charge on any atom is -0.464 e. The minimum atomic E-state index is -0.267. The van der Waals surface area contributed by atoms with Gasteiger partial charge in [0.05, 0.1) is 30.7 Å². The van der Waals surface area contributed by atoms with Crippen molar-refractivity contribution in [2.24, 2.45) is 0 Å². The number of aromatic nitrogens is 2. The van der Waals surface area contributed by atoms with Crippen LogP contribution in [0, 0.1) is 0 Å². The number of carbonyl (C=O) groups excluding carboxylic acids is 1. The molecular weight excluding hydrogens is 346 g/mol. The summed E-state index contributed by atoms with van der Waals surface area (Å²) in [5, 5.41) is 4.38. The van der Waals surface area contributed by atoms with Crippen LogP contribution in [-0.4, -0.2) is 22.4 Å². The summed E-state index contributed by atoms with van der Waals surface area (Å²) >= 11 is 1.80. The van der Waals surface area contributed by atoms with Crippen LogP contribution in [0.25, 0.3) is 0 Å². The van der Waals surface area contributed by atoms with E-state index >= 15 is 0 Å². The molecule has 4 rings (SSSR count). The average Bonchev–Trinajstić information content (AvgIpc) is 3.08. The van der Waals surface area contributed by atoms with Crippen molar-refractivity contribution < 1.29 is 9.53 Å². The van der Waals surface area contributed by atoms with Crippen molar-refractivity contribution in [1.29, 1.82) is 0 Å². The number of anilines is 2. The number of hydrogen-bond acceptors (Lipinski definition) is 5. The molecule has 5 nitrogen and oxygen atoms in total. The Balaban J connectivity index is 1.57. The molecule has 1 aliphatic heterocycles. The number of fused-ring (bicyclic) bond motifs is 2. The van der Waals surface area contributed by atoms with E-state index in [0.29, 0.717) is 13.2 Å². The summed E-state index contributed by atoms with van der Waals surface area (Å²) in [5.74, 6) is -0.267. The summed E-state index contributed by atoms with van der Waals surface area (Å²) in [6, 6.07) is 16.9. The highest BCUT2D eigenvalue weighted by molar-refractivity contribution is 7.99. The normalized spacial score (nSPS) is 12.4. The second kappa shape index (κ2) is 7.25. The maximum Gasteiger partial charge on any atom is 0.302 e. The van der Waals surface area contributed by atoms with E-state index < -0.39 is 0 Å². The molecule has 0 atom stereocenters. The van der Waals surface area contributed by atoms with Gasteiger partial charge in [-0.1, -0.05) is 36.0 Å². The van der Waals surface area contributed by atoms with Gasteiger partial charge in [0.25, 0.3) is 0 Å². The third kappa shape index (κ3) is 3.46. The van der Waals surface area contributed by atoms with Crippen molar-refractivity contribution in [3.05, 3.63) is 66.5 Å². The van der Waals surface area contributed by atoms with Gasteiger partial charge < -0.3 is 9.64 Å². The van der Waals surface area contributed by atoms with Gasteiger partial charge in [0.15, 0.2) is 0 Å². The van der Waals surface area contributed by atoms with Crippen LogP contribution in [0.4, 0.5) is 11.4 Å². The molecule has 132 valence electrons. The number of nitrogens with zero attached hydrogens (tertiary/aromatic N) is 3. The summed E-state index contributed by atoms with van der Waals surface area (Å²) in [6.45, 7) is 3.05. The van der Waals surface area contributed by atoms with Crippen molar-refractivity contribution >= 4 is 29.1 Å². The fourth-order valence-electron chi connectivity index (χ4n) is 3.03. The predicted octanol–water partition coefficient (Wildman–Crippen LogP) is 4.25. The summed E-state index contributed by atoms with van der Waals surface area (Å²) in [6.07, 6.45) is 3.89. The molecule has 0 unspecified atom stereocenters. The van der Waals surface area contributed by atoms with E-state index in [9.17, 15) is 4.79 Å². The van der Waals surface area contributed by atoms with Crippen LogP contribution >= 0.6 is 11.8 Å². The lowest BCUT2D eigenvalue weighted by molar-refractivity contribution is -0.141. The molecule has 0 spiro atoms. The molecule has 0 bridgehead atoms. The molecule has 0 N–H and O–H groups in total. The van der Waals surface area contributed by atoms with Crippen molar-refractivity contribution in [3.8, 4) is 0 Å². The highest BCUT2D eigenvalue weighted by Crippen LogP contribution is 2.48. The zero-order valence-electron chi connectivity index (χ0n) is 14.5. The Morgan fingerprint density at radius 2 is 1.73 bits per heavy atom. The molecule has 2 aromatic carbocycles. The Labute approximate surface area is 156 Å². The number of esters is 1. The Hall–Kier alpha value is -2.73. The molecule has 1 aromatic heterocycles. The molecule has 0 aliphatic carbocycles. The quantitative estimate of drug-likeness (QED) is 0.633. The fraction of sp³-hybridized carbons (Fsp3) is 0.200. The van der Waals surface area contributed by atoms with Crippen molar-refractivity contribution in [3.63, 3.8) is 0 Å². The number of ether oxygens (including phenoxy) is 1. The number of benzene rings is 2. The lowest BCUT2D eigenvalue weighted by atomic mass is 10.2. The molecule has 0 saturated heterocycles. The molecule has 6 heteroatoms. The molecule has 0 saturated carbocycles. The monoisotopic (exact) mass is 365 g/mol. The van der Waals surface area contributed by atoms with E-state index in [0.717, 1.165) is 12.1 Å². The highest BCUT2D eigenvalue weighted by Gasteiger charge is 2.23. The predicted molar refractivity (Wildman–Crippen MR) is 102 cm³/mol. The van der Waals surface area contributed by atoms with E-state index in [4.69, 9.17) is 4.74 Å². The SMILES string of the molecule is CC(=O)OCCn1cc(CN2c3ccccc3Sc3ccccc32)cn1. The average molecular weight is 365 g/mol. The number of rotatable bonds is 5. The summed E-state index contributed by atoms with van der Waals surface area (Å²) in [4.78, 5) is 15.7. The minimum absolute atomic E-state index is 0.267. The lowest BCUT2D eigenvalue weighted by Crippen LogP contribution is -2.19. The lowest BCUT2D eigenvalue weighted by Gasteiger charge is -2.32. The Morgan fingerprint density at radius 1 is 1.08 bits per heavy atom. The van der Waals surface area contributed by atoms with Crippen LogP contribution < -0.4 is 4.90 Å². The van der Waals surface area contributed by atoms with Crippen LogP contribution in [0.15, 0.2) is 70.7 Å². The molecule has 0 radical (unpaired) electrons. The maximum absolute atomic E-state index is 10.9. The molecule has 0 fully saturated rings. The van der Waals surface area contributed by atoms with Gasteiger partial charge in [-0.2, -0.15) is 5.10 Å².